The number of nitrogens with one attached hydrogen (secondary N) is 2. The molecule has 4 heteroatoms. The molecule has 1 heterocycles. The number of aryl methyl sites for hydroxylation is 1. The molecule has 1 aliphatic rings. The summed E-state index contributed by atoms with van der Waals surface area (Å²) in [5.74, 6) is -0.0602. The van der Waals surface area contributed by atoms with Gasteiger partial charge in [0.2, 0.25) is 5.91 Å². The Balaban J connectivity index is 1.77. The van der Waals surface area contributed by atoms with E-state index in [0.29, 0.717) is 0 Å². The summed E-state index contributed by atoms with van der Waals surface area (Å²) in [6, 6.07) is 12.1. The topological polar surface area (TPSA) is 54.0 Å². The van der Waals surface area contributed by atoms with E-state index in [9.17, 15) is 4.79 Å². The standard InChI is InChI=1S/C16H17N3O/c1-11(20)18-13-5-2-6-14(10-13)19-15-8-7-12-4-3-9-17-16(12)15/h2-6,9-10,15,19H,7-8H2,1H3,(H,18,20). The third-order valence-electron chi connectivity index (χ3n) is 3.48. The summed E-state index contributed by atoms with van der Waals surface area (Å²) in [6.07, 6.45) is 3.95. The second-order valence-electron chi connectivity index (χ2n) is 5.05. The predicted octanol–water partition coefficient (Wildman–Crippen LogP) is 3.14. The SMILES string of the molecule is CC(=O)Nc1cccc(NC2CCc3cccnc32)c1. The lowest BCUT2D eigenvalue weighted by molar-refractivity contribution is -0.114. The molecule has 0 aliphatic heterocycles. The first-order valence-corrected chi connectivity index (χ1v) is 6.80. The van der Waals surface area contributed by atoms with Crippen LogP contribution in [0.3, 0.4) is 0 Å². The number of anilines is 2. The molecule has 0 saturated heterocycles. The Kier molecular flexibility index (Phi) is 3.37. The van der Waals surface area contributed by atoms with Gasteiger partial charge in [-0.3, -0.25) is 9.78 Å². The zero-order chi connectivity index (χ0) is 13.9. The van der Waals surface area contributed by atoms with Gasteiger partial charge in [0.1, 0.15) is 0 Å². The lowest BCUT2D eigenvalue weighted by Crippen LogP contribution is -2.10. The normalized spacial score (nSPS) is 16.6. The number of carbonyl (C=O) groups excluding carboxylic acids is 1. The number of fused-ring (bicyclic) bond motifs is 1. The molecule has 1 aromatic heterocycles. The first-order valence-electron chi connectivity index (χ1n) is 6.80. The van der Waals surface area contributed by atoms with Crippen LogP contribution in [-0.2, 0) is 11.2 Å². The van der Waals surface area contributed by atoms with Crippen molar-refractivity contribution in [2.75, 3.05) is 10.6 Å². The molecular formula is C16H17N3O. The fourth-order valence-corrected chi connectivity index (χ4v) is 2.64. The van der Waals surface area contributed by atoms with E-state index in [2.05, 4.69) is 21.7 Å². The highest BCUT2D eigenvalue weighted by Crippen LogP contribution is 2.32. The molecule has 4 nitrogen and oxygen atoms in total. The molecule has 1 aromatic carbocycles. The summed E-state index contributed by atoms with van der Waals surface area (Å²) in [7, 11) is 0. The molecule has 3 rings (SSSR count). The molecule has 2 aromatic rings. The van der Waals surface area contributed by atoms with Gasteiger partial charge in [-0.05, 0) is 42.7 Å². The van der Waals surface area contributed by atoms with Crippen LogP contribution < -0.4 is 10.6 Å². The van der Waals surface area contributed by atoms with Gasteiger partial charge in [-0.25, -0.2) is 0 Å². The van der Waals surface area contributed by atoms with Crippen molar-refractivity contribution in [1.82, 2.24) is 4.98 Å². The van der Waals surface area contributed by atoms with E-state index >= 15 is 0 Å². The molecule has 0 saturated carbocycles. The van der Waals surface area contributed by atoms with Gasteiger partial charge in [0.25, 0.3) is 0 Å². The quantitative estimate of drug-likeness (QED) is 0.898. The lowest BCUT2D eigenvalue weighted by Gasteiger charge is -2.15. The van der Waals surface area contributed by atoms with Crippen molar-refractivity contribution < 1.29 is 4.79 Å². The Morgan fingerprint density at radius 2 is 2.10 bits per heavy atom. The second-order valence-corrected chi connectivity index (χ2v) is 5.05. The van der Waals surface area contributed by atoms with E-state index in [0.717, 1.165) is 29.9 Å². The maximum Gasteiger partial charge on any atom is 0.221 e. The van der Waals surface area contributed by atoms with Crippen LogP contribution in [0.1, 0.15) is 30.6 Å². The lowest BCUT2D eigenvalue weighted by atomic mass is 10.2. The molecule has 0 bridgehead atoms. The summed E-state index contributed by atoms with van der Waals surface area (Å²) in [4.78, 5) is 15.6. The average Bonchev–Trinajstić information content (AvgIpc) is 2.82. The highest BCUT2D eigenvalue weighted by Gasteiger charge is 2.23. The van der Waals surface area contributed by atoms with E-state index in [1.54, 1.807) is 0 Å². The molecular weight excluding hydrogens is 250 g/mol. The number of benzene rings is 1. The fraction of sp³-hybridized carbons (Fsp3) is 0.250. The van der Waals surface area contributed by atoms with Crippen molar-refractivity contribution in [2.24, 2.45) is 0 Å². The van der Waals surface area contributed by atoms with E-state index in [-0.39, 0.29) is 11.9 Å². The Morgan fingerprint density at radius 3 is 2.95 bits per heavy atom. The predicted molar refractivity (Wildman–Crippen MR) is 79.7 cm³/mol. The monoisotopic (exact) mass is 267 g/mol. The zero-order valence-electron chi connectivity index (χ0n) is 11.4. The molecule has 1 unspecified atom stereocenters. The molecule has 1 amide bonds. The first-order chi connectivity index (χ1) is 9.72. The number of rotatable bonds is 3. The minimum atomic E-state index is -0.0602. The highest BCUT2D eigenvalue weighted by atomic mass is 16.1. The minimum Gasteiger partial charge on any atom is -0.377 e. The summed E-state index contributed by atoms with van der Waals surface area (Å²) >= 11 is 0. The molecule has 20 heavy (non-hydrogen) atoms. The van der Waals surface area contributed by atoms with Crippen molar-refractivity contribution in [3.8, 4) is 0 Å². The van der Waals surface area contributed by atoms with Gasteiger partial charge in [-0.15, -0.1) is 0 Å². The number of hydrogen-bond donors (Lipinski definition) is 2. The van der Waals surface area contributed by atoms with Crippen LogP contribution in [0.15, 0.2) is 42.6 Å². The number of carbonyl (C=O) groups is 1. The Morgan fingerprint density at radius 1 is 1.25 bits per heavy atom. The number of amides is 1. The van der Waals surface area contributed by atoms with Crippen molar-refractivity contribution in [1.29, 1.82) is 0 Å². The van der Waals surface area contributed by atoms with E-state index in [1.165, 1.54) is 12.5 Å². The van der Waals surface area contributed by atoms with Crippen molar-refractivity contribution in [3.63, 3.8) is 0 Å². The largest absolute Gasteiger partial charge is 0.377 e. The molecule has 0 spiro atoms. The molecule has 0 fully saturated rings. The van der Waals surface area contributed by atoms with Gasteiger partial charge in [-0.1, -0.05) is 12.1 Å². The molecule has 1 aliphatic carbocycles. The highest BCUT2D eigenvalue weighted by molar-refractivity contribution is 5.89. The van der Waals surface area contributed by atoms with Gasteiger partial charge in [0, 0.05) is 24.5 Å². The molecule has 1 atom stereocenters. The summed E-state index contributed by atoms with van der Waals surface area (Å²) in [6.45, 7) is 1.51. The van der Waals surface area contributed by atoms with Crippen LogP contribution in [0.4, 0.5) is 11.4 Å². The van der Waals surface area contributed by atoms with Crippen molar-refractivity contribution in [3.05, 3.63) is 53.9 Å². The van der Waals surface area contributed by atoms with Gasteiger partial charge in [0.05, 0.1) is 11.7 Å². The van der Waals surface area contributed by atoms with Gasteiger partial charge in [0.15, 0.2) is 0 Å². The van der Waals surface area contributed by atoms with E-state index in [4.69, 9.17) is 0 Å². The summed E-state index contributed by atoms with van der Waals surface area (Å²) in [5.41, 5.74) is 4.27. The van der Waals surface area contributed by atoms with Crippen LogP contribution in [0, 0.1) is 0 Å². The van der Waals surface area contributed by atoms with Gasteiger partial charge < -0.3 is 10.6 Å². The number of aromatic nitrogens is 1. The Hall–Kier alpha value is -2.36. The van der Waals surface area contributed by atoms with Crippen LogP contribution in [0.2, 0.25) is 0 Å². The third kappa shape index (κ3) is 2.64. The summed E-state index contributed by atoms with van der Waals surface area (Å²) in [5, 5.41) is 6.29. The van der Waals surface area contributed by atoms with Gasteiger partial charge >= 0.3 is 0 Å². The van der Waals surface area contributed by atoms with E-state index < -0.39 is 0 Å². The van der Waals surface area contributed by atoms with Crippen molar-refractivity contribution in [2.45, 2.75) is 25.8 Å². The van der Waals surface area contributed by atoms with Crippen LogP contribution in [0.25, 0.3) is 0 Å². The van der Waals surface area contributed by atoms with Crippen LogP contribution >= 0.6 is 0 Å². The van der Waals surface area contributed by atoms with E-state index in [1.807, 2.05) is 36.5 Å². The molecule has 102 valence electrons. The van der Waals surface area contributed by atoms with Crippen molar-refractivity contribution >= 4 is 17.3 Å². The number of hydrogen-bond acceptors (Lipinski definition) is 3. The number of pyridine rings is 1. The van der Waals surface area contributed by atoms with Gasteiger partial charge in [-0.2, -0.15) is 0 Å². The summed E-state index contributed by atoms with van der Waals surface area (Å²) < 4.78 is 0. The Bertz CT molecular complexity index is 639. The zero-order valence-corrected chi connectivity index (χ0v) is 11.4. The minimum absolute atomic E-state index is 0.0602. The van der Waals surface area contributed by atoms with Crippen LogP contribution in [-0.4, -0.2) is 10.9 Å². The van der Waals surface area contributed by atoms with Crippen LogP contribution in [0.5, 0.6) is 0 Å². The number of nitrogens with zero attached hydrogens (tertiary/aromatic N) is 1. The first kappa shape index (κ1) is 12.7. The Labute approximate surface area is 118 Å². The maximum atomic E-state index is 11.1. The average molecular weight is 267 g/mol. The molecule has 2 N–H and O–H groups in total. The third-order valence-corrected chi connectivity index (χ3v) is 3.48. The fourth-order valence-electron chi connectivity index (χ4n) is 2.64. The molecule has 0 radical (unpaired) electrons. The second kappa shape index (κ2) is 5.33. The maximum absolute atomic E-state index is 11.1. The smallest absolute Gasteiger partial charge is 0.221 e.